The molecule has 17 heteroatoms. The second kappa shape index (κ2) is 12.0. The van der Waals surface area contributed by atoms with E-state index < -0.39 is 37.9 Å². The first-order chi connectivity index (χ1) is 15.6. The van der Waals surface area contributed by atoms with Crippen molar-refractivity contribution in [3.8, 4) is 22.6 Å². The van der Waals surface area contributed by atoms with E-state index in [4.69, 9.17) is 4.74 Å². The summed E-state index contributed by atoms with van der Waals surface area (Å²) in [5.41, 5.74) is -0.616. The van der Waals surface area contributed by atoms with Gasteiger partial charge in [-0.3, -0.25) is 9.88 Å². The summed E-state index contributed by atoms with van der Waals surface area (Å²) in [6.07, 6.45) is -0.427. The van der Waals surface area contributed by atoms with E-state index in [1.807, 2.05) is 0 Å². The summed E-state index contributed by atoms with van der Waals surface area (Å²) in [6, 6.07) is 7.30. The maximum absolute atomic E-state index is 14.8. The number of pyridine rings is 1. The van der Waals surface area contributed by atoms with Gasteiger partial charge in [0.1, 0.15) is 18.1 Å². The van der Waals surface area contributed by atoms with Crippen molar-refractivity contribution >= 4 is 25.1 Å². The molecule has 0 aliphatic carbocycles. The van der Waals surface area contributed by atoms with Gasteiger partial charge in [0.2, 0.25) is 5.82 Å². The summed E-state index contributed by atoms with van der Waals surface area (Å²) in [6.45, 7) is -0.775. The van der Waals surface area contributed by atoms with Gasteiger partial charge in [0.05, 0.1) is 19.3 Å². The van der Waals surface area contributed by atoms with Gasteiger partial charge in [0.15, 0.2) is 6.10 Å². The number of amides is 1. The number of nitrogens with zero attached hydrogens (tertiary/aromatic N) is 6. The van der Waals surface area contributed by atoms with Crippen LogP contribution in [-0.2, 0) is 21.1 Å². The zero-order chi connectivity index (χ0) is 23.8. The van der Waals surface area contributed by atoms with Crippen molar-refractivity contribution in [1.82, 2.24) is 25.2 Å². The third-order valence-electron chi connectivity index (χ3n) is 4.57. The van der Waals surface area contributed by atoms with Crippen LogP contribution < -0.4 is 73.8 Å². The van der Waals surface area contributed by atoms with Gasteiger partial charge in [-0.05, 0) is 29.5 Å². The number of tetrazole rings is 1. The predicted molar refractivity (Wildman–Crippen MR) is 104 cm³/mol. The zero-order valence-electron chi connectivity index (χ0n) is 18.8. The number of aryl methyl sites for hydroxylation is 1. The molecule has 1 atom stereocenters. The van der Waals surface area contributed by atoms with E-state index in [0.29, 0.717) is 17.1 Å². The average molecular weight is 522 g/mol. The summed E-state index contributed by atoms with van der Waals surface area (Å²) >= 11 is 0. The van der Waals surface area contributed by atoms with E-state index in [1.165, 1.54) is 23.1 Å². The molecule has 172 valence electrons. The minimum absolute atomic E-state index is 0. The number of carbonyl (C=O) groups is 2. The van der Waals surface area contributed by atoms with Crippen LogP contribution in [0.3, 0.4) is 0 Å². The van der Waals surface area contributed by atoms with Crippen LogP contribution in [0.15, 0.2) is 36.5 Å². The molecule has 35 heavy (non-hydrogen) atoms. The number of halogens is 1. The largest absolute Gasteiger partial charge is 1.00 e. The average Bonchev–Trinajstić information content (AvgIpc) is 3.37. The van der Waals surface area contributed by atoms with Crippen molar-refractivity contribution in [1.29, 1.82) is 0 Å². The van der Waals surface area contributed by atoms with Gasteiger partial charge in [-0.2, -0.15) is 4.80 Å². The first-order valence-electron chi connectivity index (χ1n) is 9.29. The molecule has 0 bridgehead atoms. The van der Waals surface area contributed by atoms with Crippen LogP contribution in [-0.4, -0.2) is 56.3 Å². The van der Waals surface area contributed by atoms with Crippen LogP contribution in [0.5, 0.6) is 0 Å². The normalized spacial score (nSPS) is 15.1. The fourth-order valence-electron chi connectivity index (χ4n) is 3.04. The van der Waals surface area contributed by atoms with E-state index in [9.17, 15) is 28.3 Å². The van der Waals surface area contributed by atoms with Crippen LogP contribution in [0.2, 0.25) is 0 Å². The minimum Gasteiger partial charge on any atom is -0.803 e. The Kier molecular flexibility index (Phi) is 10.1. The number of hydrogen-bond acceptors (Lipinski definition) is 11. The van der Waals surface area contributed by atoms with Crippen LogP contribution in [0.25, 0.3) is 22.6 Å². The van der Waals surface area contributed by atoms with E-state index in [1.54, 1.807) is 19.2 Å². The van der Waals surface area contributed by atoms with E-state index in [-0.39, 0.29) is 76.9 Å². The predicted octanol–water partition coefficient (Wildman–Crippen LogP) is -5.54. The van der Waals surface area contributed by atoms with Crippen molar-refractivity contribution in [3.63, 3.8) is 0 Å². The van der Waals surface area contributed by atoms with Crippen molar-refractivity contribution in [2.75, 3.05) is 18.1 Å². The zero-order valence-corrected chi connectivity index (χ0v) is 23.7. The molecule has 0 radical (unpaired) electrons. The fraction of sp³-hybridized carbons (Fsp3) is 0.222. The molecule has 13 nitrogen and oxygen atoms in total. The molecule has 0 saturated carbocycles. The van der Waals surface area contributed by atoms with Gasteiger partial charge < -0.3 is 23.8 Å². The van der Waals surface area contributed by atoms with Gasteiger partial charge in [0.25, 0.3) is 0 Å². The van der Waals surface area contributed by atoms with Crippen LogP contribution in [0, 0.1) is 5.82 Å². The Bertz CT molecular complexity index is 1270. The van der Waals surface area contributed by atoms with Gasteiger partial charge in [-0.15, -0.1) is 10.2 Å². The number of carbonyl (C=O) groups excluding carboxylic acids is 2. The third-order valence-corrected chi connectivity index (χ3v) is 5.14. The van der Waals surface area contributed by atoms with Gasteiger partial charge in [-0.1, -0.05) is 6.07 Å². The number of aromatic nitrogens is 5. The third kappa shape index (κ3) is 6.94. The minimum atomic E-state index is -5.54. The Morgan fingerprint density at radius 2 is 2.03 bits per heavy atom. The van der Waals surface area contributed by atoms with Crippen molar-refractivity contribution < 1.29 is 96.9 Å². The standard InChI is InChI=1S/C18H16FN6O7P.2Na/c1-24-22-16(21-23-24)15-5-2-10(7-20-15)13-4-3-11(6-14(13)19)25-8-12(32-17(25)26)9-31-18(27)33(28,29)30;;/h2-7,12H,8-9H2,1H3,(H2,28,29,30);;/q;2*+1/p-2/t12-;;/m1../s1. The molecule has 0 spiro atoms. The maximum Gasteiger partial charge on any atom is 1.00 e. The van der Waals surface area contributed by atoms with Gasteiger partial charge >= 0.3 is 70.9 Å². The topological polar surface area (TPSA) is 176 Å². The van der Waals surface area contributed by atoms with E-state index in [2.05, 4.69) is 25.1 Å². The summed E-state index contributed by atoms with van der Waals surface area (Å²) in [5, 5.41) is 11.6. The number of hydrogen-bond donors (Lipinski definition) is 0. The Morgan fingerprint density at radius 3 is 2.60 bits per heavy atom. The second-order valence-electron chi connectivity index (χ2n) is 6.89. The maximum atomic E-state index is 14.8. The Balaban J connectivity index is 0.00000216. The fourth-order valence-corrected chi connectivity index (χ4v) is 3.27. The van der Waals surface area contributed by atoms with E-state index in [0.717, 1.165) is 11.0 Å². The molecule has 1 fully saturated rings. The molecule has 1 saturated heterocycles. The first-order valence-corrected chi connectivity index (χ1v) is 10.8. The number of benzene rings is 1. The van der Waals surface area contributed by atoms with Crippen LogP contribution >= 0.6 is 7.60 Å². The summed E-state index contributed by atoms with van der Waals surface area (Å²) in [5.74, 6) is -0.318. The van der Waals surface area contributed by atoms with Crippen LogP contribution in [0.1, 0.15) is 0 Å². The molecular weight excluding hydrogens is 508 g/mol. The molecule has 1 amide bonds. The molecule has 0 N–H and O–H groups in total. The SMILES string of the molecule is Cn1nnc(-c2ccc(-c3ccc(N4C[C@H](COC(=O)P(=O)([O-])[O-])OC4=O)cc3F)cn2)n1.[Na+].[Na+]. The molecule has 3 aromatic rings. The molecule has 1 aliphatic rings. The molecule has 1 aliphatic heterocycles. The van der Waals surface area contributed by atoms with E-state index >= 15 is 0 Å². The molecule has 3 heterocycles. The first kappa shape index (κ1) is 29.5. The second-order valence-corrected chi connectivity index (χ2v) is 8.25. The number of ether oxygens (including phenoxy) is 2. The smallest absolute Gasteiger partial charge is 0.803 e. The number of cyclic esters (lactones) is 1. The van der Waals surface area contributed by atoms with Gasteiger partial charge in [-0.25, -0.2) is 14.0 Å². The van der Waals surface area contributed by atoms with Crippen molar-refractivity contribution in [3.05, 3.63) is 42.3 Å². The summed E-state index contributed by atoms with van der Waals surface area (Å²) in [7, 11) is -3.93. The molecular formula is C18H14FN6Na2O7P. The monoisotopic (exact) mass is 522 g/mol. The molecule has 0 unspecified atom stereocenters. The Morgan fingerprint density at radius 1 is 1.29 bits per heavy atom. The van der Waals surface area contributed by atoms with Crippen molar-refractivity contribution in [2.24, 2.45) is 7.05 Å². The Hall–Kier alpha value is -1.74. The molecule has 1 aromatic carbocycles. The molecule has 4 rings (SSSR count). The summed E-state index contributed by atoms with van der Waals surface area (Å²) in [4.78, 5) is 50.9. The number of rotatable bonds is 6. The van der Waals surface area contributed by atoms with Crippen LogP contribution in [0.4, 0.5) is 19.7 Å². The Labute approximate surface area is 241 Å². The van der Waals surface area contributed by atoms with Gasteiger partial charge in [0, 0.05) is 24.9 Å². The number of anilines is 1. The molecule has 2 aromatic heterocycles. The summed E-state index contributed by atoms with van der Waals surface area (Å²) < 4.78 is 34.7. The quantitative estimate of drug-likeness (QED) is 0.223. The van der Waals surface area contributed by atoms with Crippen molar-refractivity contribution in [2.45, 2.75) is 6.10 Å².